The second-order valence-corrected chi connectivity index (χ2v) is 6.11. The van der Waals surface area contributed by atoms with Crippen molar-refractivity contribution in [2.75, 3.05) is 13.7 Å². The average molecular weight is 341 g/mol. The van der Waals surface area contributed by atoms with Crippen molar-refractivity contribution in [3.63, 3.8) is 0 Å². The fourth-order valence-electron chi connectivity index (χ4n) is 1.74. The number of nitrogens with one attached hydrogen (secondary N) is 1. The van der Waals surface area contributed by atoms with Crippen molar-refractivity contribution in [1.29, 1.82) is 0 Å². The van der Waals surface area contributed by atoms with E-state index in [2.05, 4.69) is 4.74 Å². The zero-order valence-electron chi connectivity index (χ0n) is 11.7. The lowest BCUT2D eigenvalue weighted by atomic mass is 10.2. The second kappa shape index (κ2) is 6.18. The number of hydrogen-bond acceptors (Lipinski definition) is 7. The number of esters is 1. The molecule has 2 N–H and O–H groups in total. The van der Waals surface area contributed by atoms with Crippen LogP contribution in [0.1, 0.15) is 10.6 Å². The van der Waals surface area contributed by atoms with Crippen LogP contribution < -0.4 is 10.2 Å². The fourth-order valence-corrected chi connectivity index (χ4v) is 2.74. The molecular weight excluding hydrogens is 330 g/mol. The maximum atomic E-state index is 12.0. The number of carboxylic acid groups (broad SMARTS) is 1. The maximum Gasteiger partial charge on any atom is 0.374 e. The highest BCUT2D eigenvalue weighted by Crippen LogP contribution is 2.18. The predicted octanol–water partition coefficient (Wildman–Crippen LogP) is -0.0575. The topological polar surface area (TPSA) is 140 Å². The van der Waals surface area contributed by atoms with E-state index >= 15 is 0 Å². The van der Waals surface area contributed by atoms with E-state index in [1.807, 2.05) is 4.72 Å². The van der Waals surface area contributed by atoms with Crippen LogP contribution in [0.2, 0.25) is 0 Å². The minimum Gasteiger partial charge on any atom is -0.480 e. The van der Waals surface area contributed by atoms with Crippen LogP contribution in [0.3, 0.4) is 0 Å². The van der Waals surface area contributed by atoms with E-state index in [4.69, 9.17) is 9.52 Å². The summed E-state index contributed by atoms with van der Waals surface area (Å²) in [7, 11) is -2.98. The Hall–Kier alpha value is -2.72. The highest BCUT2D eigenvalue weighted by molar-refractivity contribution is 7.89. The van der Waals surface area contributed by atoms with Crippen LogP contribution in [-0.4, -0.2) is 39.1 Å². The molecule has 2 rings (SSSR count). The van der Waals surface area contributed by atoms with Crippen LogP contribution >= 0.6 is 0 Å². The van der Waals surface area contributed by atoms with Crippen molar-refractivity contribution in [3.8, 4) is 0 Å². The van der Waals surface area contributed by atoms with Gasteiger partial charge in [0.05, 0.1) is 17.4 Å². The minimum absolute atomic E-state index is 0.00455. The highest BCUT2D eigenvalue weighted by atomic mass is 32.2. The van der Waals surface area contributed by atoms with Crippen molar-refractivity contribution < 1.29 is 32.3 Å². The molecule has 10 heteroatoms. The monoisotopic (exact) mass is 341 g/mol. The summed E-state index contributed by atoms with van der Waals surface area (Å²) in [5, 5.41) is 8.44. The van der Waals surface area contributed by atoms with Crippen molar-refractivity contribution in [1.82, 2.24) is 4.72 Å². The molecule has 0 amide bonds. The van der Waals surface area contributed by atoms with Crippen LogP contribution in [0.5, 0.6) is 0 Å². The molecule has 0 saturated carbocycles. The van der Waals surface area contributed by atoms with Gasteiger partial charge >= 0.3 is 11.9 Å². The van der Waals surface area contributed by atoms with Gasteiger partial charge in [0.15, 0.2) is 5.43 Å². The Morgan fingerprint density at radius 1 is 1.30 bits per heavy atom. The molecule has 2 aromatic rings. The smallest absolute Gasteiger partial charge is 0.374 e. The van der Waals surface area contributed by atoms with Gasteiger partial charge in [-0.05, 0) is 18.2 Å². The molecular formula is C13H11NO8S. The van der Waals surface area contributed by atoms with Gasteiger partial charge in [0.2, 0.25) is 15.8 Å². The molecule has 9 nitrogen and oxygen atoms in total. The standard InChI is InChI=1S/C13H11NO8S/c1-21-13(18)11-5-9(15)8-4-7(2-3-10(8)22-11)23(19,20)14-6-12(16)17/h2-5,14H,6H2,1H3,(H,16,17). The largest absolute Gasteiger partial charge is 0.480 e. The molecule has 1 heterocycles. The van der Waals surface area contributed by atoms with Gasteiger partial charge in [0.1, 0.15) is 12.1 Å². The lowest BCUT2D eigenvalue weighted by Gasteiger charge is -2.06. The number of ether oxygens (including phenoxy) is 1. The molecule has 0 bridgehead atoms. The van der Waals surface area contributed by atoms with Gasteiger partial charge < -0.3 is 14.3 Å². The molecule has 0 unspecified atom stereocenters. The summed E-state index contributed by atoms with van der Waals surface area (Å²) >= 11 is 0. The Morgan fingerprint density at radius 3 is 2.61 bits per heavy atom. The second-order valence-electron chi connectivity index (χ2n) is 4.34. The molecule has 23 heavy (non-hydrogen) atoms. The van der Waals surface area contributed by atoms with Crippen LogP contribution in [0, 0.1) is 0 Å². The lowest BCUT2D eigenvalue weighted by Crippen LogP contribution is -2.29. The zero-order chi connectivity index (χ0) is 17.2. The molecule has 0 radical (unpaired) electrons. The zero-order valence-corrected chi connectivity index (χ0v) is 12.5. The normalized spacial score (nSPS) is 11.3. The first-order valence-corrected chi connectivity index (χ1v) is 7.60. The number of carbonyl (C=O) groups is 2. The van der Waals surface area contributed by atoms with Gasteiger partial charge in [-0.15, -0.1) is 0 Å². The molecule has 0 aliphatic carbocycles. The van der Waals surface area contributed by atoms with E-state index in [1.54, 1.807) is 0 Å². The van der Waals surface area contributed by atoms with E-state index < -0.39 is 33.9 Å². The maximum absolute atomic E-state index is 12.0. The number of carboxylic acids is 1. The minimum atomic E-state index is -4.10. The molecule has 0 fully saturated rings. The van der Waals surface area contributed by atoms with E-state index in [-0.39, 0.29) is 21.6 Å². The summed E-state index contributed by atoms with van der Waals surface area (Å²) in [4.78, 5) is 33.5. The number of fused-ring (bicyclic) bond motifs is 1. The summed E-state index contributed by atoms with van der Waals surface area (Å²) in [6.45, 7) is -0.795. The van der Waals surface area contributed by atoms with Gasteiger partial charge in [-0.3, -0.25) is 9.59 Å². The summed E-state index contributed by atoms with van der Waals surface area (Å²) in [5.41, 5.74) is -0.642. The third-order valence-electron chi connectivity index (χ3n) is 2.81. The fraction of sp³-hybridized carbons (Fsp3) is 0.154. The summed E-state index contributed by atoms with van der Waals surface area (Å²) < 4.78 is 35.3. The summed E-state index contributed by atoms with van der Waals surface area (Å²) in [5.74, 6) is -2.51. The van der Waals surface area contributed by atoms with Crippen molar-refractivity contribution >= 4 is 32.9 Å². The first kappa shape index (κ1) is 16.6. The van der Waals surface area contributed by atoms with Crippen molar-refractivity contribution in [2.24, 2.45) is 0 Å². The number of benzene rings is 1. The van der Waals surface area contributed by atoms with Gasteiger partial charge in [-0.2, -0.15) is 4.72 Å². The van der Waals surface area contributed by atoms with Crippen LogP contribution in [0.4, 0.5) is 0 Å². The lowest BCUT2D eigenvalue weighted by molar-refractivity contribution is -0.135. The molecule has 0 spiro atoms. The highest BCUT2D eigenvalue weighted by Gasteiger charge is 2.18. The molecule has 122 valence electrons. The summed E-state index contributed by atoms with van der Waals surface area (Å²) in [6.07, 6.45) is 0. The SMILES string of the molecule is COC(=O)c1cc(=O)c2cc(S(=O)(=O)NCC(=O)O)ccc2o1. The van der Waals surface area contributed by atoms with E-state index in [0.29, 0.717) is 0 Å². The van der Waals surface area contributed by atoms with E-state index in [9.17, 15) is 22.8 Å². The Kier molecular flexibility index (Phi) is 4.48. The number of methoxy groups -OCH3 is 1. The average Bonchev–Trinajstić information content (AvgIpc) is 2.51. The molecule has 0 aliphatic rings. The Morgan fingerprint density at radius 2 is 2.00 bits per heavy atom. The van der Waals surface area contributed by atoms with Gasteiger partial charge in [-0.25, -0.2) is 13.2 Å². The third kappa shape index (κ3) is 3.55. The van der Waals surface area contributed by atoms with Crippen LogP contribution in [-0.2, 0) is 19.6 Å². The van der Waals surface area contributed by atoms with E-state index in [0.717, 1.165) is 25.3 Å². The molecule has 1 aromatic heterocycles. The summed E-state index contributed by atoms with van der Waals surface area (Å²) in [6, 6.07) is 4.23. The van der Waals surface area contributed by atoms with Gasteiger partial charge in [0.25, 0.3) is 0 Å². The van der Waals surface area contributed by atoms with Gasteiger partial charge in [-0.1, -0.05) is 0 Å². The number of hydrogen-bond donors (Lipinski definition) is 2. The Labute approximate surface area is 129 Å². The van der Waals surface area contributed by atoms with Crippen molar-refractivity contribution in [3.05, 3.63) is 40.2 Å². The molecule has 0 saturated heterocycles. The molecule has 0 atom stereocenters. The third-order valence-corrected chi connectivity index (χ3v) is 4.21. The number of aliphatic carboxylic acids is 1. The predicted molar refractivity (Wildman–Crippen MR) is 76.6 cm³/mol. The first-order chi connectivity index (χ1) is 10.7. The number of rotatable bonds is 5. The first-order valence-electron chi connectivity index (χ1n) is 6.12. The van der Waals surface area contributed by atoms with Gasteiger partial charge in [0, 0.05) is 6.07 Å². The Bertz CT molecular complexity index is 944. The molecule has 1 aromatic carbocycles. The number of sulfonamides is 1. The quantitative estimate of drug-likeness (QED) is 0.721. The van der Waals surface area contributed by atoms with Crippen molar-refractivity contribution in [2.45, 2.75) is 4.90 Å². The number of carbonyl (C=O) groups excluding carboxylic acids is 1. The van der Waals surface area contributed by atoms with Crippen LogP contribution in [0.15, 0.2) is 38.4 Å². The molecule has 0 aliphatic heterocycles. The Balaban J connectivity index is 2.52. The van der Waals surface area contributed by atoms with Crippen LogP contribution in [0.25, 0.3) is 11.0 Å². The van der Waals surface area contributed by atoms with E-state index in [1.165, 1.54) is 6.07 Å².